The van der Waals surface area contributed by atoms with Crippen LogP contribution in [0, 0.1) is 47.3 Å². The molecule has 6 rings (SSSR count). The standard InChI is InChI=1S/C37H44F3NOS/c1-2-33(27-16-18-43-32(22-27)19-26-7-4-3-5-8-26)29-21-30-9-6-17-36(30,23-29)35(42)15-12-25-10-13-28-20-31(37(38,39)40)24-41-34(28)14-11-25/h1,3-5,7-8,20,24-25,27,29-30,32-33H,6,9-19,21-23H2. The monoisotopic (exact) mass is 607 g/mol. The molecule has 2 aromatic rings. The van der Waals surface area contributed by atoms with Gasteiger partial charge >= 0.3 is 6.18 Å². The third-order valence-corrected chi connectivity index (χ3v) is 12.7. The van der Waals surface area contributed by atoms with Crippen molar-refractivity contribution in [2.24, 2.45) is 35.0 Å². The van der Waals surface area contributed by atoms with Crippen LogP contribution in [0.5, 0.6) is 0 Å². The fourth-order valence-corrected chi connectivity index (χ4v) is 10.7. The number of aromatic nitrogens is 1. The topological polar surface area (TPSA) is 30.0 Å². The second kappa shape index (κ2) is 13.0. The summed E-state index contributed by atoms with van der Waals surface area (Å²) in [5, 5.41) is 0.606. The molecule has 0 N–H and O–H groups in total. The number of alkyl halides is 3. The molecule has 0 bridgehead atoms. The van der Waals surface area contributed by atoms with Crippen molar-refractivity contribution in [1.82, 2.24) is 4.98 Å². The molecule has 3 fully saturated rings. The molecule has 0 radical (unpaired) electrons. The number of halogens is 3. The number of ketones is 1. The molecular weight excluding hydrogens is 563 g/mol. The SMILES string of the molecule is C#CC(C1CCSC(Cc2ccccc2)C1)C1CC2CCCC2(C(=O)CCC2CCc3cc(C(F)(F)F)cnc3CC2)C1. The third-order valence-electron chi connectivity index (χ3n) is 11.4. The molecule has 0 spiro atoms. The van der Waals surface area contributed by atoms with E-state index >= 15 is 0 Å². The van der Waals surface area contributed by atoms with Crippen LogP contribution < -0.4 is 0 Å². The van der Waals surface area contributed by atoms with Crippen LogP contribution in [0.25, 0.3) is 0 Å². The lowest BCUT2D eigenvalue weighted by Gasteiger charge is -2.35. The average Bonchev–Trinajstić information content (AvgIpc) is 3.49. The van der Waals surface area contributed by atoms with Crippen molar-refractivity contribution in [2.45, 2.75) is 101 Å². The van der Waals surface area contributed by atoms with Crippen LogP contribution in [0.3, 0.4) is 0 Å². The molecule has 0 amide bonds. The van der Waals surface area contributed by atoms with E-state index in [4.69, 9.17) is 6.42 Å². The van der Waals surface area contributed by atoms with Gasteiger partial charge in [0.1, 0.15) is 5.78 Å². The van der Waals surface area contributed by atoms with E-state index in [9.17, 15) is 18.0 Å². The molecule has 6 heteroatoms. The van der Waals surface area contributed by atoms with E-state index in [1.165, 1.54) is 30.2 Å². The van der Waals surface area contributed by atoms with E-state index in [1.807, 2.05) is 0 Å². The van der Waals surface area contributed by atoms with Crippen LogP contribution >= 0.6 is 11.8 Å². The summed E-state index contributed by atoms with van der Waals surface area (Å²) in [6.45, 7) is 0. The molecule has 1 aromatic heterocycles. The summed E-state index contributed by atoms with van der Waals surface area (Å²) < 4.78 is 39.6. The number of thioether (sulfide) groups is 1. The average molecular weight is 608 g/mol. The van der Waals surface area contributed by atoms with Crippen molar-refractivity contribution < 1.29 is 18.0 Å². The second-order valence-corrected chi connectivity index (χ2v) is 15.2. The summed E-state index contributed by atoms with van der Waals surface area (Å²) in [6, 6.07) is 12.1. The Morgan fingerprint density at radius 2 is 1.91 bits per heavy atom. The largest absolute Gasteiger partial charge is 0.417 e. The molecule has 1 aromatic carbocycles. The van der Waals surface area contributed by atoms with Crippen LogP contribution in [-0.4, -0.2) is 21.8 Å². The number of rotatable bonds is 8. The minimum Gasteiger partial charge on any atom is -0.299 e. The highest BCUT2D eigenvalue weighted by Crippen LogP contribution is 2.60. The van der Waals surface area contributed by atoms with Crippen molar-refractivity contribution in [1.29, 1.82) is 0 Å². The molecule has 230 valence electrons. The zero-order valence-electron chi connectivity index (χ0n) is 25.1. The van der Waals surface area contributed by atoms with Gasteiger partial charge in [-0.3, -0.25) is 9.78 Å². The van der Waals surface area contributed by atoms with Gasteiger partial charge in [0.2, 0.25) is 0 Å². The first kappa shape index (κ1) is 30.8. The number of fused-ring (bicyclic) bond motifs is 2. The number of terminal acetylenes is 1. The molecule has 2 nitrogen and oxygen atoms in total. The van der Waals surface area contributed by atoms with E-state index in [0.29, 0.717) is 54.0 Å². The Kier molecular flexibility index (Phi) is 9.30. The van der Waals surface area contributed by atoms with Gasteiger partial charge in [-0.05, 0) is 124 Å². The van der Waals surface area contributed by atoms with Gasteiger partial charge in [-0.2, -0.15) is 24.9 Å². The molecule has 2 saturated carbocycles. The van der Waals surface area contributed by atoms with Gasteiger partial charge < -0.3 is 0 Å². The maximum absolute atomic E-state index is 14.0. The minimum atomic E-state index is -4.37. The molecule has 43 heavy (non-hydrogen) atoms. The Morgan fingerprint density at radius 3 is 2.70 bits per heavy atom. The van der Waals surface area contributed by atoms with E-state index < -0.39 is 11.7 Å². The quantitative estimate of drug-likeness (QED) is 0.221. The normalized spacial score (nSPS) is 31.4. The van der Waals surface area contributed by atoms with Crippen molar-refractivity contribution in [3.63, 3.8) is 0 Å². The smallest absolute Gasteiger partial charge is 0.299 e. The maximum atomic E-state index is 14.0. The number of carbonyl (C=O) groups excluding carboxylic acids is 1. The van der Waals surface area contributed by atoms with Crippen molar-refractivity contribution >= 4 is 17.5 Å². The lowest BCUT2D eigenvalue weighted by atomic mass is 9.72. The first-order chi connectivity index (χ1) is 20.7. The Balaban J connectivity index is 1.06. The number of benzene rings is 1. The van der Waals surface area contributed by atoms with Crippen LogP contribution in [0.15, 0.2) is 42.6 Å². The summed E-state index contributed by atoms with van der Waals surface area (Å²) in [7, 11) is 0. The zero-order chi connectivity index (χ0) is 30.0. The van der Waals surface area contributed by atoms with Gasteiger partial charge in [0.25, 0.3) is 0 Å². The highest BCUT2D eigenvalue weighted by atomic mass is 32.2. The highest BCUT2D eigenvalue weighted by molar-refractivity contribution is 7.99. The van der Waals surface area contributed by atoms with E-state index in [-0.39, 0.29) is 11.3 Å². The molecular formula is C37H44F3NOS. The number of hydrogen-bond acceptors (Lipinski definition) is 3. The lowest BCUT2D eigenvalue weighted by Crippen LogP contribution is -2.33. The summed E-state index contributed by atoms with van der Waals surface area (Å²) in [5.74, 6) is 6.90. The lowest BCUT2D eigenvalue weighted by molar-refractivity contribution is -0.138. The molecule has 1 saturated heterocycles. The predicted molar refractivity (Wildman–Crippen MR) is 168 cm³/mol. The van der Waals surface area contributed by atoms with Crippen molar-refractivity contribution in [3.05, 3.63) is 65.0 Å². The van der Waals surface area contributed by atoms with E-state index in [2.05, 4.69) is 53.0 Å². The van der Waals surface area contributed by atoms with Gasteiger partial charge in [0, 0.05) is 34.9 Å². The number of Topliss-reactive ketones (excluding diaryl/α,β-unsaturated/α-hetero) is 1. The number of hydrogen-bond donors (Lipinski definition) is 0. The van der Waals surface area contributed by atoms with E-state index in [1.54, 1.807) is 0 Å². The summed E-state index contributed by atoms with van der Waals surface area (Å²) in [6.07, 6.45) is 16.1. The van der Waals surface area contributed by atoms with Crippen LogP contribution in [-0.2, 0) is 30.2 Å². The number of aryl methyl sites for hydroxylation is 2. The zero-order valence-corrected chi connectivity index (χ0v) is 25.9. The van der Waals surface area contributed by atoms with Crippen molar-refractivity contribution in [3.8, 4) is 12.3 Å². The Labute approximate surface area is 259 Å². The molecule has 7 unspecified atom stereocenters. The van der Waals surface area contributed by atoms with Crippen LogP contribution in [0.1, 0.15) is 93.0 Å². The Morgan fingerprint density at radius 1 is 1.09 bits per heavy atom. The summed E-state index contributed by atoms with van der Waals surface area (Å²) >= 11 is 2.10. The highest BCUT2D eigenvalue weighted by Gasteiger charge is 2.55. The third kappa shape index (κ3) is 6.73. The maximum Gasteiger partial charge on any atom is 0.417 e. The fraction of sp³-hybridized carbons (Fsp3) is 0.622. The van der Waals surface area contributed by atoms with Gasteiger partial charge in [0.05, 0.1) is 5.56 Å². The molecule has 7 atom stereocenters. The molecule has 1 aliphatic heterocycles. The summed E-state index contributed by atoms with van der Waals surface area (Å²) in [5.41, 5.74) is 2.05. The van der Waals surface area contributed by atoms with Crippen LogP contribution in [0.4, 0.5) is 13.2 Å². The Hall–Kier alpha value is -2.26. The molecule has 3 aliphatic carbocycles. The van der Waals surface area contributed by atoms with Gasteiger partial charge in [-0.1, -0.05) is 36.8 Å². The number of nitrogens with zero attached hydrogens (tertiary/aromatic N) is 1. The van der Waals surface area contributed by atoms with E-state index in [0.717, 1.165) is 75.2 Å². The second-order valence-electron chi connectivity index (χ2n) is 13.8. The molecule has 4 aliphatic rings. The van der Waals surface area contributed by atoms with Gasteiger partial charge in [-0.25, -0.2) is 0 Å². The fourth-order valence-electron chi connectivity index (χ4n) is 9.19. The first-order valence-electron chi connectivity index (χ1n) is 16.4. The number of carbonyl (C=O) groups is 1. The van der Waals surface area contributed by atoms with Crippen molar-refractivity contribution in [2.75, 3.05) is 5.75 Å². The predicted octanol–water partition coefficient (Wildman–Crippen LogP) is 9.15. The van der Waals surface area contributed by atoms with Gasteiger partial charge in [-0.15, -0.1) is 12.3 Å². The van der Waals surface area contributed by atoms with Gasteiger partial charge in [0.15, 0.2) is 0 Å². The minimum absolute atomic E-state index is 0.205. The molecule has 2 heterocycles. The van der Waals surface area contributed by atoms with Crippen LogP contribution in [0.2, 0.25) is 0 Å². The first-order valence-corrected chi connectivity index (χ1v) is 17.5. The summed E-state index contributed by atoms with van der Waals surface area (Å²) in [4.78, 5) is 18.2. The number of pyridine rings is 1. The Bertz CT molecular complexity index is 1320.